The minimum atomic E-state index is -0.134. The van der Waals surface area contributed by atoms with Gasteiger partial charge in [0.1, 0.15) is 12.4 Å². The van der Waals surface area contributed by atoms with Crippen molar-refractivity contribution in [1.82, 2.24) is 4.90 Å². The minimum absolute atomic E-state index is 0.134. The molecule has 0 saturated carbocycles. The molecule has 0 aliphatic carbocycles. The molecule has 1 aliphatic heterocycles. The van der Waals surface area contributed by atoms with E-state index in [0.29, 0.717) is 23.6 Å². The fourth-order valence-corrected chi connectivity index (χ4v) is 3.47. The van der Waals surface area contributed by atoms with E-state index in [1.54, 1.807) is 0 Å². The summed E-state index contributed by atoms with van der Waals surface area (Å²) in [7, 11) is 0. The molecule has 29 heavy (non-hydrogen) atoms. The minimum Gasteiger partial charge on any atom is -0.489 e. The van der Waals surface area contributed by atoms with Crippen LogP contribution in [-0.2, 0) is 11.3 Å². The highest BCUT2D eigenvalue weighted by Gasteiger charge is 2.17. The van der Waals surface area contributed by atoms with Gasteiger partial charge in [-0.15, -0.1) is 0 Å². The molecule has 2 aromatic rings. The fraction of sp³-hybridized carbons (Fsp3) is 0.458. The standard InChI is InChI=1S/C24H32N2O3/c1-4-26(5-2)16-19-9-11-20(12-10-19)24(27)25-22-13-8-18(3)15-23(22)29-17-21-7-6-14-28-21/h8-13,15,21H,4-7,14,16-17H2,1-3H3,(H,25,27). The molecule has 2 aromatic carbocycles. The molecular weight excluding hydrogens is 364 g/mol. The number of anilines is 1. The molecule has 1 unspecified atom stereocenters. The first-order valence-electron chi connectivity index (χ1n) is 10.6. The second kappa shape index (κ2) is 10.4. The molecule has 1 heterocycles. The highest BCUT2D eigenvalue weighted by atomic mass is 16.5. The predicted octanol–water partition coefficient (Wildman–Crippen LogP) is 4.65. The highest BCUT2D eigenvalue weighted by molar-refractivity contribution is 6.05. The summed E-state index contributed by atoms with van der Waals surface area (Å²) >= 11 is 0. The Hall–Kier alpha value is -2.37. The van der Waals surface area contributed by atoms with Gasteiger partial charge in [0.15, 0.2) is 0 Å². The van der Waals surface area contributed by atoms with Crippen LogP contribution in [0.1, 0.15) is 48.2 Å². The average molecular weight is 397 g/mol. The van der Waals surface area contributed by atoms with Crippen molar-refractivity contribution in [2.24, 2.45) is 0 Å². The number of aryl methyl sites for hydroxylation is 1. The zero-order valence-electron chi connectivity index (χ0n) is 17.7. The zero-order chi connectivity index (χ0) is 20.6. The summed E-state index contributed by atoms with van der Waals surface area (Å²) in [6, 6.07) is 13.6. The first-order chi connectivity index (χ1) is 14.1. The maximum atomic E-state index is 12.8. The van der Waals surface area contributed by atoms with Crippen LogP contribution in [0.15, 0.2) is 42.5 Å². The van der Waals surface area contributed by atoms with E-state index in [-0.39, 0.29) is 12.0 Å². The molecule has 1 N–H and O–H groups in total. The third-order valence-corrected chi connectivity index (χ3v) is 5.35. The van der Waals surface area contributed by atoms with Crippen molar-refractivity contribution in [3.05, 3.63) is 59.2 Å². The number of hydrogen-bond acceptors (Lipinski definition) is 4. The van der Waals surface area contributed by atoms with Crippen molar-refractivity contribution in [3.63, 3.8) is 0 Å². The van der Waals surface area contributed by atoms with Crippen molar-refractivity contribution in [1.29, 1.82) is 0 Å². The molecule has 1 atom stereocenters. The van der Waals surface area contributed by atoms with Crippen molar-refractivity contribution in [2.75, 3.05) is 31.6 Å². The van der Waals surface area contributed by atoms with Crippen LogP contribution in [0.25, 0.3) is 0 Å². The number of carbonyl (C=O) groups is 1. The van der Waals surface area contributed by atoms with Crippen LogP contribution in [0, 0.1) is 6.92 Å². The van der Waals surface area contributed by atoms with Crippen molar-refractivity contribution >= 4 is 11.6 Å². The molecule has 156 valence electrons. The Morgan fingerprint density at radius 1 is 1.17 bits per heavy atom. The Balaban J connectivity index is 1.65. The van der Waals surface area contributed by atoms with E-state index in [9.17, 15) is 4.79 Å². The maximum absolute atomic E-state index is 12.8. The van der Waals surface area contributed by atoms with Gasteiger partial charge in [-0.05, 0) is 68.2 Å². The molecule has 3 rings (SSSR count). The van der Waals surface area contributed by atoms with E-state index in [0.717, 1.165) is 44.6 Å². The van der Waals surface area contributed by atoms with Gasteiger partial charge in [-0.1, -0.05) is 32.0 Å². The zero-order valence-corrected chi connectivity index (χ0v) is 17.7. The summed E-state index contributed by atoms with van der Waals surface area (Å²) in [5.41, 5.74) is 3.62. The smallest absolute Gasteiger partial charge is 0.255 e. The lowest BCUT2D eigenvalue weighted by atomic mass is 10.1. The molecule has 1 saturated heterocycles. The summed E-state index contributed by atoms with van der Waals surface area (Å²) in [6.45, 7) is 10.6. The monoisotopic (exact) mass is 396 g/mol. The Morgan fingerprint density at radius 3 is 2.59 bits per heavy atom. The lowest BCUT2D eigenvalue weighted by molar-refractivity contribution is 0.0681. The van der Waals surface area contributed by atoms with E-state index < -0.39 is 0 Å². The predicted molar refractivity (Wildman–Crippen MR) is 117 cm³/mol. The number of nitrogens with zero attached hydrogens (tertiary/aromatic N) is 1. The Labute approximate surface area is 174 Å². The van der Waals surface area contributed by atoms with Gasteiger partial charge < -0.3 is 14.8 Å². The molecule has 5 heteroatoms. The van der Waals surface area contributed by atoms with Crippen LogP contribution < -0.4 is 10.1 Å². The second-order valence-electron chi connectivity index (χ2n) is 7.56. The number of carbonyl (C=O) groups excluding carboxylic acids is 1. The summed E-state index contributed by atoms with van der Waals surface area (Å²) < 4.78 is 11.6. The van der Waals surface area contributed by atoms with E-state index in [2.05, 4.69) is 24.1 Å². The number of amides is 1. The van der Waals surface area contributed by atoms with Gasteiger partial charge in [0.2, 0.25) is 0 Å². The van der Waals surface area contributed by atoms with Crippen LogP contribution in [0.4, 0.5) is 5.69 Å². The van der Waals surface area contributed by atoms with Crippen LogP contribution >= 0.6 is 0 Å². The molecule has 0 aromatic heterocycles. The molecule has 0 radical (unpaired) electrons. The average Bonchev–Trinajstić information content (AvgIpc) is 3.26. The largest absolute Gasteiger partial charge is 0.489 e. The first-order valence-corrected chi connectivity index (χ1v) is 10.6. The molecule has 1 aliphatic rings. The molecule has 0 bridgehead atoms. The van der Waals surface area contributed by atoms with Crippen LogP contribution in [-0.4, -0.2) is 43.2 Å². The quantitative estimate of drug-likeness (QED) is 0.670. The van der Waals surface area contributed by atoms with Crippen LogP contribution in [0.5, 0.6) is 5.75 Å². The van der Waals surface area contributed by atoms with E-state index in [1.165, 1.54) is 5.56 Å². The van der Waals surface area contributed by atoms with Crippen molar-refractivity contribution < 1.29 is 14.3 Å². The third kappa shape index (κ3) is 6.05. The summed E-state index contributed by atoms with van der Waals surface area (Å²) in [5, 5.41) is 3.00. The summed E-state index contributed by atoms with van der Waals surface area (Å²) in [5.74, 6) is 0.553. The van der Waals surface area contributed by atoms with Gasteiger partial charge >= 0.3 is 0 Å². The Bertz CT molecular complexity index is 794. The summed E-state index contributed by atoms with van der Waals surface area (Å²) in [4.78, 5) is 15.1. The Morgan fingerprint density at radius 2 is 1.93 bits per heavy atom. The SMILES string of the molecule is CCN(CC)Cc1ccc(C(=O)Nc2ccc(C)cc2OCC2CCCO2)cc1. The molecule has 0 spiro atoms. The first kappa shape index (κ1) is 21.3. The van der Waals surface area contributed by atoms with Gasteiger partial charge in [0.05, 0.1) is 11.8 Å². The van der Waals surface area contributed by atoms with Gasteiger partial charge in [-0.2, -0.15) is 0 Å². The molecule has 1 fully saturated rings. The second-order valence-corrected chi connectivity index (χ2v) is 7.56. The lowest BCUT2D eigenvalue weighted by Gasteiger charge is -2.18. The highest BCUT2D eigenvalue weighted by Crippen LogP contribution is 2.27. The number of hydrogen-bond donors (Lipinski definition) is 1. The fourth-order valence-electron chi connectivity index (χ4n) is 3.47. The van der Waals surface area contributed by atoms with Crippen LogP contribution in [0.2, 0.25) is 0 Å². The van der Waals surface area contributed by atoms with Gasteiger partial charge in [0.25, 0.3) is 5.91 Å². The number of benzene rings is 2. The topological polar surface area (TPSA) is 50.8 Å². The molecule has 5 nitrogen and oxygen atoms in total. The summed E-state index contributed by atoms with van der Waals surface area (Å²) in [6.07, 6.45) is 2.24. The molecule has 1 amide bonds. The molecular formula is C24H32N2O3. The van der Waals surface area contributed by atoms with Crippen molar-refractivity contribution in [3.8, 4) is 5.75 Å². The number of ether oxygens (including phenoxy) is 2. The number of nitrogens with one attached hydrogen (secondary N) is 1. The Kier molecular flexibility index (Phi) is 7.67. The van der Waals surface area contributed by atoms with Crippen molar-refractivity contribution in [2.45, 2.75) is 46.3 Å². The van der Waals surface area contributed by atoms with E-state index >= 15 is 0 Å². The normalized spacial score (nSPS) is 16.2. The number of rotatable bonds is 9. The third-order valence-electron chi connectivity index (χ3n) is 5.35. The van der Waals surface area contributed by atoms with Gasteiger partial charge in [-0.25, -0.2) is 0 Å². The van der Waals surface area contributed by atoms with E-state index in [4.69, 9.17) is 9.47 Å². The van der Waals surface area contributed by atoms with E-state index in [1.807, 2.05) is 49.4 Å². The van der Waals surface area contributed by atoms with Crippen LogP contribution in [0.3, 0.4) is 0 Å². The lowest BCUT2D eigenvalue weighted by Crippen LogP contribution is -2.22. The van der Waals surface area contributed by atoms with Gasteiger partial charge in [0, 0.05) is 18.7 Å². The van der Waals surface area contributed by atoms with Gasteiger partial charge in [-0.3, -0.25) is 9.69 Å². The maximum Gasteiger partial charge on any atom is 0.255 e.